The molecule has 0 aromatic heterocycles. The molecule has 2 unspecified atom stereocenters. The molecular weight excluding hydrogens is 378 g/mol. The van der Waals surface area contributed by atoms with Crippen molar-refractivity contribution in [3.05, 3.63) is 53.1 Å². The van der Waals surface area contributed by atoms with Gasteiger partial charge in [0.2, 0.25) is 5.91 Å². The molecule has 7 heteroatoms. The van der Waals surface area contributed by atoms with Gasteiger partial charge < -0.3 is 14.2 Å². The highest BCUT2D eigenvalue weighted by atomic mass is 32.2. The molecule has 5 rings (SSSR count). The monoisotopic (exact) mass is 397 g/mol. The molecule has 0 radical (unpaired) electrons. The van der Waals surface area contributed by atoms with Gasteiger partial charge in [0, 0.05) is 5.92 Å². The van der Waals surface area contributed by atoms with Crippen molar-refractivity contribution >= 4 is 22.9 Å². The molecular formula is C21H19NO5S. The summed E-state index contributed by atoms with van der Waals surface area (Å²) in [5, 5.41) is 1.70. The molecule has 2 aromatic carbocycles. The second-order valence-corrected chi connectivity index (χ2v) is 8.31. The first kappa shape index (κ1) is 17.4. The van der Waals surface area contributed by atoms with E-state index in [9.17, 15) is 9.59 Å². The zero-order valence-electron chi connectivity index (χ0n) is 15.1. The van der Waals surface area contributed by atoms with Crippen molar-refractivity contribution in [2.24, 2.45) is 0 Å². The van der Waals surface area contributed by atoms with E-state index in [-0.39, 0.29) is 16.4 Å². The van der Waals surface area contributed by atoms with Crippen LogP contribution in [0.5, 0.6) is 17.2 Å². The fourth-order valence-corrected chi connectivity index (χ4v) is 4.62. The van der Waals surface area contributed by atoms with Gasteiger partial charge in [0.1, 0.15) is 19.0 Å². The second kappa shape index (κ2) is 7.05. The van der Waals surface area contributed by atoms with Crippen LogP contribution >= 0.6 is 11.8 Å². The maximum absolute atomic E-state index is 11.7. The molecule has 0 bridgehead atoms. The molecule has 144 valence electrons. The average molecular weight is 397 g/mol. The van der Waals surface area contributed by atoms with Crippen molar-refractivity contribution < 1.29 is 23.8 Å². The van der Waals surface area contributed by atoms with Crippen molar-refractivity contribution in [2.75, 3.05) is 19.8 Å². The lowest BCUT2D eigenvalue weighted by atomic mass is 9.77. The van der Waals surface area contributed by atoms with Crippen molar-refractivity contribution in [3.63, 3.8) is 0 Å². The predicted octanol–water partition coefficient (Wildman–Crippen LogP) is 3.07. The summed E-state index contributed by atoms with van der Waals surface area (Å²) in [6.07, 6.45) is 1.51. The Kier molecular flexibility index (Phi) is 4.39. The average Bonchev–Trinajstić information content (AvgIpc) is 3.01. The van der Waals surface area contributed by atoms with Gasteiger partial charge in [-0.15, -0.1) is 0 Å². The number of nitrogens with one attached hydrogen (secondary N) is 1. The van der Waals surface area contributed by atoms with Crippen LogP contribution in [0.4, 0.5) is 4.79 Å². The first-order chi connectivity index (χ1) is 13.7. The maximum atomic E-state index is 11.7. The molecule has 6 nitrogen and oxygen atoms in total. The van der Waals surface area contributed by atoms with E-state index in [1.807, 2.05) is 24.3 Å². The molecule has 1 N–H and O–H groups in total. The van der Waals surface area contributed by atoms with Gasteiger partial charge in [-0.2, -0.15) is 0 Å². The summed E-state index contributed by atoms with van der Waals surface area (Å²) < 4.78 is 17.3. The number of ether oxygens (including phenoxy) is 3. The summed E-state index contributed by atoms with van der Waals surface area (Å²) in [7, 11) is 0. The topological polar surface area (TPSA) is 73.9 Å². The highest BCUT2D eigenvalue weighted by Crippen LogP contribution is 2.43. The number of thioether (sulfide) groups is 1. The van der Waals surface area contributed by atoms with Crippen molar-refractivity contribution in [2.45, 2.75) is 24.0 Å². The van der Waals surface area contributed by atoms with Crippen molar-refractivity contribution in [3.8, 4) is 17.2 Å². The summed E-state index contributed by atoms with van der Waals surface area (Å²) in [6.45, 7) is 1.81. The number of imide groups is 1. The molecule has 1 saturated heterocycles. The molecule has 1 fully saturated rings. The smallest absolute Gasteiger partial charge is 0.286 e. The molecule has 2 heterocycles. The van der Waals surface area contributed by atoms with Crippen LogP contribution in [0, 0.1) is 0 Å². The van der Waals surface area contributed by atoms with Gasteiger partial charge in [-0.3, -0.25) is 14.9 Å². The highest BCUT2D eigenvalue weighted by Gasteiger charge is 2.32. The van der Waals surface area contributed by atoms with E-state index < -0.39 is 0 Å². The van der Waals surface area contributed by atoms with E-state index in [4.69, 9.17) is 14.2 Å². The van der Waals surface area contributed by atoms with E-state index in [1.165, 1.54) is 11.1 Å². The largest absolute Gasteiger partial charge is 0.493 e. The molecule has 2 atom stereocenters. The van der Waals surface area contributed by atoms with Gasteiger partial charge >= 0.3 is 0 Å². The SMILES string of the molecule is O=C1NC(=O)C(Cc2ccc(OCC3Cc4cc5c(cc43)OCCO5)cc2)S1. The minimum Gasteiger partial charge on any atom is -0.493 e. The van der Waals surface area contributed by atoms with Crippen LogP contribution in [0.25, 0.3) is 0 Å². The van der Waals surface area contributed by atoms with Crippen LogP contribution in [0.15, 0.2) is 36.4 Å². The molecule has 0 saturated carbocycles. The van der Waals surface area contributed by atoms with Gasteiger partial charge in [-0.1, -0.05) is 23.9 Å². The number of carbonyl (C=O) groups is 2. The number of rotatable bonds is 5. The second-order valence-electron chi connectivity index (χ2n) is 7.14. The Balaban J connectivity index is 1.18. The first-order valence-corrected chi connectivity index (χ1v) is 10.2. The molecule has 0 spiro atoms. The minimum absolute atomic E-state index is 0.212. The van der Waals surface area contributed by atoms with Gasteiger partial charge in [0.15, 0.2) is 11.5 Å². The fourth-order valence-electron chi connectivity index (χ4n) is 3.76. The van der Waals surface area contributed by atoms with Crippen LogP contribution in [-0.4, -0.2) is 36.2 Å². The maximum Gasteiger partial charge on any atom is 0.286 e. The lowest BCUT2D eigenvalue weighted by molar-refractivity contribution is -0.118. The van der Waals surface area contributed by atoms with Crippen LogP contribution < -0.4 is 19.5 Å². The Labute approximate surface area is 166 Å². The van der Waals surface area contributed by atoms with Crippen LogP contribution in [-0.2, 0) is 17.6 Å². The third-order valence-electron chi connectivity index (χ3n) is 5.27. The number of benzene rings is 2. The van der Waals surface area contributed by atoms with E-state index in [0.717, 1.165) is 41.0 Å². The zero-order valence-corrected chi connectivity index (χ0v) is 15.9. The van der Waals surface area contributed by atoms with Crippen LogP contribution in [0.1, 0.15) is 22.6 Å². The van der Waals surface area contributed by atoms with Gasteiger partial charge in [-0.25, -0.2) is 0 Å². The lowest BCUT2D eigenvalue weighted by Gasteiger charge is -2.32. The summed E-state index contributed by atoms with van der Waals surface area (Å²) >= 11 is 1.05. The van der Waals surface area contributed by atoms with Crippen molar-refractivity contribution in [1.29, 1.82) is 0 Å². The third-order valence-corrected chi connectivity index (χ3v) is 6.25. The number of fused-ring (bicyclic) bond motifs is 2. The lowest BCUT2D eigenvalue weighted by Crippen LogP contribution is -2.25. The Hall–Kier alpha value is -2.67. The normalized spacial score (nSPS) is 22.3. The number of hydrogen-bond acceptors (Lipinski definition) is 6. The Morgan fingerprint density at radius 3 is 2.54 bits per heavy atom. The predicted molar refractivity (Wildman–Crippen MR) is 104 cm³/mol. The molecule has 3 aliphatic rings. The first-order valence-electron chi connectivity index (χ1n) is 9.31. The Morgan fingerprint density at radius 1 is 1.07 bits per heavy atom. The van der Waals surface area contributed by atoms with E-state index in [0.29, 0.717) is 32.2 Å². The molecule has 28 heavy (non-hydrogen) atoms. The van der Waals surface area contributed by atoms with Crippen LogP contribution in [0.2, 0.25) is 0 Å². The molecule has 2 amide bonds. The number of carbonyl (C=O) groups excluding carboxylic acids is 2. The Bertz CT molecular complexity index is 943. The molecule has 2 aliphatic heterocycles. The standard InChI is InChI=1S/C21H19NO5S/c23-20-19(28-21(24)22-20)7-12-1-3-15(4-2-12)27-11-14-8-13-9-17-18(10-16(13)14)26-6-5-25-17/h1-4,9-10,14,19H,5-8,11H2,(H,22,23,24). The van der Waals surface area contributed by atoms with E-state index in [2.05, 4.69) is 17.4 Å². The van der Waals surface area contributed by atoms with Gasteiger partial charge in [-0.05, 0) is 53.8 Å². The van der Waals surface area contributed by atoms with Gasteiger partial charge in [0.05, 0.1) is 11.9 Å². The highest BCUT2D eigenvalue weighted by molar-refractivity contribution is 8.15. The number of amides is 2. The fraction of sp³-hybridized carbons (Fsp3) is 0.333. The molecule has 1 aliphatic carbocycles. The minimum atomic E-state index is -0.345. The summed E-state index contributed by atoms with van der Waals surface area (Å²) in [6, 6.07) is 11.9. The summed E-state index contributed by atoms with van der Waals surface area (Å²) in [5.74, 6) is 2.61. The summed E-state index contributed by atoms with van der Waals surface area (Å²) in [4.78, 5) is 22.9. The Morgan fingerprint density at radius 2 is 1.82 bits per heavy atom. The molecule has 2 aromatic rings. The summed E-state index contributed by atoms with van der Waals surface area (Å²) in [5.41, 5.74) is 3.58. The van der Waals surface area contributed by atoms with E-state index >= 15 is 0 Å². The third kappa shape index (κ3) is 3.30. The van der Waals surface area contributed by atoms with Gasteiger partial charge in [0.25, 0.3) is 5.24 Å². The zero-order chi connectivity index (χ0) is 19.1. The number of hydrogen-bond donors (Lipinski definition) is 1. The quantitative estimate of drug-likeness (QED) is 0.836. The van der Waals surface area contributed by atoms with Crippen molar-refractivity contribution in [1.82, 2.24) is 5.32 Å². The van der Waals surface area contributed by atoms with E-state index in [1.54, 1.807) is 0 Å². The van der Waals surface area contributed by atoms with Crippen LogP contribution in [0.3, 0.4) is 0 Å².